The number of hydrogen-bond acceptors (Lipinski definition) is 3. The SMILES string of the molecule is CCCCCCC(C)Nc1ccc([N+](=O)[O-])c(Cl)c1. The fraction of sp³-hybridized carbons (Fsp3) is 0.571. The Balaban J connectivity index is 2.48. The van der Waals surface area contributed by atoms with E-state index in [9.17, 15) is 10.1 Å². The topological polar surface area (TPSA) is 55.2 Å². The summed E-state index contributed by atoms with van der Waals surface area (Å²) in [6, 6.07) is 5.10. The predicted molar refractivity (Wildman–Crippen MR) is 80.0 cm³/mol. The van der Waals surface area contributed by atoms with Crippen LogP contribution in [0.1, 0.15) is 46.0 Å². The van der Waals surface area contributed by atoms with E-state index in [0.29, 0.717) is 6.04 Å². The van der Waals surface area contributed by atoms with Crippen LogP contribution in [0.15, 0.2) is 18.2 Å². The van der Waals surface area contributed by atoms with Crippen LogP contribution in [-0.2, 0) is 0 Å². The molecule has 4 nitrogen and oxygen atoms in total. The summed E-state index contributed by atoms with van der Waals surface area (Å²) in [7, 11) is 0. The van der Waals surface area contributed by atoms with Crippen LogP contribution in [-0.4, -0.2) is 11.0 Å². The van der Waals surface area contributed by atoms with Gasteiger partial charge in [0.15, 0.2) is 0 Å². The van der Waals surface area contributed by atoms with Crippen molar-refractivity contribution in [2.24, 2.45) is 0 Å². The van der Waals surface area contributed by atoms with Gasteiger partial charge in [-0.25, -0.2) is 0 Å². The fourth-order valence-corrected chi connectivity index (χ4v) is 2.23. The Labute approximate surface area is 119 Å². The number of benzene rings is 1. The van der Waals surface area contributed by atoms with Gasteiger partial charge in [0.2, 0.25) is 0 Å². The minimum Gasteiger partial charge on any atom is -0.383 e. The average molecular weight is 285 g/mol. The van der Waals surface area contributed by atoms with Gasteiger partial charge in [-0.2, -0.15) is 0 Å². The van der Waals surface area contributed by atoms with Crippen LogP contribution in [0.25, 0.3) is 0 Å². The molecule has 0 aliphatic heterocycles. The smallest absolute Gasteiger partial charge is 0.288 e. The maximum atomic E-state index is 10.7. The van der Waals surface area contributed by atoms with Crippen LogP contribution in [0.2, 0.25) is 5.02 Å². The van der Waals surface area contributed by atoms with Crippen LogP contribution in [0.5, 0.6) is 0 Å². The number of anilines is 1. The molecule has 1 atom stereocenters. The largest absolute Gasteiger partial charge is 0.383 e. The number of rotatable bonds is 8. The Bertz CT molecular complexity index is 424. The minimum atomic E-state index is -0.472. The number of hydrogen-bond donors (Lipinski definition) is 1. The highest BCUT2D eigenvalue weighted by atomic mass is 35.5. The second kappa shape index (κ2) is 8.00. The zero-order chi connectivity index (χ0) is 14.3. The van der Waals surface area contributed by atoms with Gasteiger partial charge in [-0.15, -0.1) is 0 Å². The van der Waals surface area contributed by atoms with Crippen molar-refractivity contribution in [2.75, 3.05) is 5.32 Å². The van der Waals surface area contributed by atoms with Crippen molar-refractivity contribution in [1.29, 1.82) is 0 Å². The van der Waals surface area contributed by atoms with E-state index in [-0.39, 0.29) is 10.7 Å². The molecule has 0 amide bonds. The fourth-order valence-electron chi connectivity index (χ4n) is 1.98. The zero-order valence-electron chi connectivity index (χ0n) is 11.5. The molecule has 1 aromatic carbocycles. The highest BCUT2D eigenvalue weighted by Gasteiger charge is 2.12. The van der Waals surface area contributed by atoms with Crippen molar-refractivity contribution >= 4 is 23.0 Å². The molecule has 0 bridgehead atoms. The Kier molecular flexibility index (Phi) is 6.64. The van der Waals surface area contributed by atoms with Crippen LogP contribution in [0, 0.1) is 10.1 Å². The first-order valence-corrected chi connectivity index (χ1v) is 7.13. The van der Waals surface area contributed by atoms with E-state index in [1.807, 2.05) is 0 Å². The zero-order valence-corrected chi connectivity index (χ0v) is 12.2. The normalized spacial score (nSPS) is 12.2. The van der Waals surface area contributed by atoms with Crippen molar-refractivity contribution in [1.82, 2.24) is 0 Å². The third-order valence-electron chi connectivity index (χ3n) is 3.05. The molecule has 19 heavy (non-hydrogen) atoms. The molecular weight excluding hydrogens is 264 g/mol. The number of nitro groups is 1. The maximum absolute atomic E-state index is 10.7. The Hall–Kier alpha value is -1.29. The lowest BCUT2D eigenvalue weighted by molar-refractivity contribution is -0.384. The van der Waals surface area contributed by atoms with Gasteiger partial charge < -0.3 is 5.32 Å². The first-order valence-electron chi connectivity index (χ1n) is 6.75. The Morgan fingerprint density at radius 1 is 1.37 bits per heavy atom. The molecular formula is C14H21ClN2O2. The average Bonchev–Trinajstić information content (AvgIpc) is 2.34. The van der Waals surface area contributed by atoms with E-state index >= 15 is 0 Å². The van der Waals surface area contributed by atoms with Crippen molar-refractivity contribution in [3.63, 3.8) is 0 Å². The second-order valence-corrected chi connectivity index (χ2v) is 5.23. The Morgan fingerprint density at radius 2 is 2.11 bits per heavy atom. The summed E-state index contributed by atoms with van der Waals surface area (Å²) in [5, 5.41) is 14.2. The number of unbranched alkanes of at least 4 members (excludes halogenated alkanes) is 3. The minimum absolute atomic E-state index is 0.0529. The second-order valence-electron chi connectivity index (χ2n) is 4.82. The lowest BCUT2D eigenvalue weighted by Crippen LogP contribution is -2.14. The van der Waals surface area contributed by atoms with E-state index in [1.54, 1.807) is 12.1 Å². The molecule has 0 aromatic heterocycles. The van der Waals surface area contributed by atoms with Gasteiger partial charge in [-0.3, -0.25) is 10.1 Å². The summed E-state index contributed by atoms with van der Waals surface area (Å²) in [6.45, 7) is 4.31. The number of nitro benzene ring substituents is 1. The van der Waals surface area contributed by atoms with Gasteiger partial charge >= 0.3 is 0 Å². The molecule has 1 aromatic rings. The van der Waals surface area contributed by atoms with Crippen molar-refractivity contribution < 1.29 is 4.92 Å². The van der Waals surface area contributed by atoms with E-state index < -0.39 is 4.92 Å². The quantitative estimate of drug-likeness (QED) is 0.414. The number of nitrogens with zero attached hydrogens (tertiary/aromatic N) is 1. The first-order chi connectivity index (χ1) is 9.04. The highest BCUT2D eigenvalue weighted by molar-refractivity contribution is 6.32. The van der Waals surface area contributed by atoms with Gasteiger partial charge in [0.25, 0.3) is 5.69 Å². The molecule has 0 radical (unpaired) electrons. The lowest BCUT2D eigenvalue weighted by Gasteiger charge is -2.15. The summed E-state index contributed by atoms with van der Waals surface area (Å²) in [4.78, 5) is 10.2. The maximum Gasteiger partial charge on any atom is 0.288 e. The number of halogens is 1. The van der Waals surface area contributed by atoms with Crippen molar-refractivity contribution in [3.05, 3.63) is 33.3 Å². The highest BCUT2D eigenvalue weighted by Crippen LogP contribution is 2.27. The van der Waals surface area contributed by atoms with E-state index in [0.717, 1.165) is 12.1 Å². The standard InChI is InChI=1S/C14H21ClN2O2/c1-3-4-5-6-7-11(2)16-12-8-9-14(17(18)19)13(15)10-12/h8-11,16H,3-7H2,1-2H3. The van der Waals surface area contributed by atoms with Gasteiger partial charge in [0.05, 0.1) is 4.92 Å². The summed E-state index contributed by atoms with van der Waals surface area (Å²) < 4.78 is 0. The predicted octanol–water partition coefficient (Wildman–Crippen LogP) is 5.02. The molecule has 1 N–H and O–H groups in total. The molecule has 0 aliphatic carbocycles. The van der Waals surface area contributed by atoms with Crippen molar-refractivity contribution in [2.45, 2.75) is 52.0 Å². The third-order valence-corrected chi connectivity index (χ3v) is 3.35. The molecule has 0 spiro atoms. The molecule has 0 fully saturated rings. The van der Waals surface area contributed by atoms with Crippen LogP contribution >= 0.6 is 11.6 Å². The van der Waals surface area contributed by atoms with Gasteiger partial charge in [0, 0.05) is 17.8 Å². The summed E-state index contributed by atoms with van der Waals surface area (Å²) in [5.74, 6) is 0. The van der Waals surface area contributed by atoms with Gasteiger partial charge in [-0.05, 0) is 25.5 Å². The molecule has 0 heterocycles. The molecule has 0 saturated carbocycles. The first kappa shape index (κ1) is 15.8. The number of nitrogens with one attached hydrogen (secondary N) is 1. The molecule has 1 rings (SSSR count). The van der Waals surface area contributed by atoms with Crippen LogP contribution < -0.4 is 5.32 Å². The lowest BCUT2D eigenvalue weighted by atomic mass is 10.1. The summed E-state index contributed by atoms with van der Waals surface area (Å²) >= 11 is 5.87. The molecule has 1 unspecified atom stereocenters. The monoisotopic (exact) mass is 284 g/mol. The summed E-state index contributed by atoms with van der Waals surface area (Å²) in [5.41, 5.74) is 0.779. The van der Waals surface area contributed by atoms with Gasteiger partial charge in [-0.1, -0.05) is 44.2 Å². The van der Waals surface area contributed by atoms with E-state index in [2.05, 4.69) is 19.2 Å². The molecule has 0 saturated heterocycles. The van der Waals surface area contributed by atoms with Crippen molar-refractivity contribution in [3.8, 4) is 0 Å². The Morgan fingerprint density at radius 3 is 2.68 bits per heavy atom. The molecule has 5 heteroatoms. The van der Waals surface area contributed by atoms with Crippen LogP contribution in [0.3, 0.4) is 0 Å². The molecule has 106 valence electrons. The third kappa shape index (κ3) is 5.47. The van der Waals surface area contributed by atoms with Crippen LogP contribution in [0.4, 0.5) is 11.4 Å². The molecule has 0 aliphatic rings. The summed E-state index contributed by atoms with van der Waals surface area (Å²) in [6.07, 6.45) is 6.05. The van der Waals surface area contributed by atoms with E-state index in [1.165, 1.54) is 31.7 Å². The van der Waals surface area contributed by atoms with E-state index in [4.69, 9.17) is 11.6 Å². The van der Waals surface area contributed by atoms with Gasteiger partial charge in [0.1, 0.15) is 5.02 Å².